The molecule has 0 amide bonds. The number of anilines is 1. The van der Waals surface area contributed by atoms with Crippen LogP contribution in [-0.2, 0) is 9.84 Å². The first kappa shape index (κ1) is 12.8. The van der Waals surface area contributed by atoms with Gasteiger partial charge in [-0.05, 0) is 18.2 Å². The maximum absolute atomic E-state index is 11.3. The summed E-state index contributed by atoms with van der Waals surface area (Å²) in [5.74, 6) is -1.47. The Morgan fingerprint density at radius 3 is 2.61 bits per heavy atom. The third-order valence-electron chi connectivity index (χ3n) is 2.78. The van der Waals surface area contributed by atoms with Gasteiger partial charge in [-0.2, -0.15) is 0 Å². The molecule has 0 aliphatic carbocycles. The van der Waals surface area contributed by atoms with Gasteiger partial charge in [0, 0.05) is 5.69 Å². The number of aromatic carboxylic acids is 1. The number of rotatable bonds is 3. The van der Waals surface area contributed by atoms with Crippen LogP contribution in [0.25, 0.3) is 0 Å². The van der Waals surface area contributed by atoms with Crippen LogP contribution < -0.4 is 5.32 Å². The zero-order chi connectivity index (χ0) is 13.3. The molecule has 1 heterocycles. The van der Waals surface area contributed by atoms with E-state index in [9.17, 15) is 18.3 Å². The summed E-state index contributed by atoms with van der Waals surface area (Å²) in [7, 11) is -3.22. The molecule has 0 radical (unpaired) electrons. The molecule has 0 saturated carbocycles. The Balaban J connectivity index is 2.15. The van der Waals surface area contributed by atoms with Crippen molar-refractivity contribution in [1.82, 2.24) is 0 Å². The highest BCUT2D eigenvalue weighted by Crippen LogP contribution is 2.19. The Labute approximate surface area is 104 Å². The van der Waals surface area contributed by atoms with Gasteiger partial charge in [-0.3, -0.25) is 0 Å². The molecule has 2 atom stereocenters. The van der Waals surface area contributed by atoms with Gasteiger partial charge >= 0.3 is 5.97 Å². The summed E-state index contributed by atoms with van der Waals surface area (Å²) >= 11 is 0. The quantitative estimate of drug-likeness (QED) is 0.712. The summed E-state index contributed by atoms with van der Waals surface area (Å²) in [5.41, 5.74) is 0.589. The van der Waals surface area contributed by atoms with Gasteiger partial charge in [-0.1, -0.05) is 6.07 Å². The summed E-state index contributed by atoms with van der Waals surface area (Å²) in [5, 5.41) is 21.3. The Bertz CT molecular complexity index is 569. The van der Waals surface area contributed by atoms with Crippen LogP contribution in [0.1, 0.15) is 10.4 Å². The van der Waals surface area contributed by atoms with Crippen LogP contribution in [0.2, 0.25) is 0 Å². The number of carboxylic acids is 1. The van der Waals surface area contributed by atoms with Gasteiger partial charge in [-0.25, -0.2) is 13.2 Å². The molecular weight excluding hydrogens is 258 g/mol. The summed E-state index contributed by atoms with van der Waals surface area (Å²) in [6, 6.07) is 5.43. The third-order valence-corrected chi connectivity index (χ3v) is 4.50. The normalized spacial score (nSPS) is 25.8. The molecule has 0 bridgehead atoms. The Morgan fingerprint density at radius 2 is 2.06 bits per heavy atom. The van der Waals surface area contributed by atoms with Crippen molar-refractivity contribution in [3.63, 3.8) is 0 Å². The molecule has 1 aliphatic rings. The van der Waals surface area contributed by atoms with Crippen LogP contribution in [0.15, 0.2) is 24.3 Å². The fourth-order valence-corrected chi connectivity index (χ4v) is 3.66. The highest BCUT2D eigenvalue weighted by molar-refractivity contribution is 7.91. The lowest BCUT2D eigenvalue weighted by Crippen LogP contribution is -2.31. The molecule has 2 unspecified atom stereocenters. The number of nitrogens with one attached hydrogen (secondary N) is 1. The maximum Gasteiger partial charge on any atom is 0.335 e. The van der Waals surface area contributed by atoms with E-state index in [2.05, 4.69) is 5.32 Å². The van der Waals surface area contributed by atoms with E-state index in [1.807, 2.05) is 0 Å². The molecule has 0 spiro atoms. The largest absolute Gasteiger partial charge is 0.478 e. The van der Waals surface area contributed by atoms with Crippen LogP contribution in [0.3, 0.4) is 0 Å². The van der Waals surface area contributed by atoms with Crippen molar-refractivity contribution in [2.24, 2.45) is 0 Å². The van der Waals surface area contributed by atoms with E-state index in [1.165, 1.54) is 12.1 Å². The van der Waals surface area contributed by atoms with Crippen LogP contribution in [0, 0.1) is 0 Å². The van der Waals surface area contributed by atoms with Crippen molar-refractivity contribution in [3.8, 4) is 0 Å². The van der Waals surface area contributed by atoms with Crippen molar-refractivity contribution in [3.05, 3.63) is 29.8 Å². The second-order valence-corrected chi connectivity index (χ2v) is 6.43. The molecule has 6 nitrogen and oxygen atoms in total. The van der Waals surface area contributed by atoms with E-state index in [4.69, 9.17) is 5.11 Å². The van der Waals surface area contributed by atoms with Crippen molar-refractivity contribution < 1.29 is 23.4 Å². The van der Waals surface area contributed by atoms with Crippen LogP contribution >= 0.6 is 0 Å². The second-order valence-electron chi connectivity index (χ2n) is 4.28. The molecule has 3 N–H and O–H groups in total. The highest BCUT2D eigenvalue weighted by atomic mass is 32.2. The Morgan fingerprint density at radius 1 is 1.33 bits per heavy atom. The topological polar surface area (TPSA) is 104 Å². The van der Waals surface area contributed by atoms with E-state index in [-0.39, 0.29) is 17.1 Å². The number of hydrogen-bond donors (Lipinski definition) is 3. The molecule has 1 aromatic rings. The standard InChI is InChI=1S/C11H13NO5S/c13-10-6-18(16,17)5-9(10)12-8-3-1-2-7(4-8)11(14)15/h1-4,9-10,12-13H,5-6H2,(H,14,15). The first-order valence-electron chi connectivity index (χ1n) is 5.36. The summed E-state index contributed by atoms with van der Waals surface area (Å²) in [6.45, 7) is 0. The minimum atomic E-state index is -3.22. The van der Waals surface area contributed by atoms with Crippen molar-refractivity contribution in [2.45, 2.75) is 12.1 Å². The molecule has 1 saturated heterocycles. The van der Waals surface area contributed by atoms with Gasteiger partial charge in [0.2, 0.25) is 0 Å². The van der Waals surface area contributed by atoms with Gasteiger partial charge < -0.3 is 15.5 Å². The minimum Gasteiger partial charge on any atom is -0.478 e. The molecule has 2 rings (SSSR count). The number of aliphatic hydroxyl groups excluding tert-OH is 1. The molecule has 1 aliphatic heterocycles. The van der Waals surface area contributed by atoms with Crippen LogP contribution in [0.5, 0.6) is 0 Å². The lowest BCUT2D eigenvalue weighted by molar-refractivity contribution is 0.0697. The third kappa shape index (κ3) is 2.80. The lowest BCUT2D eigenvalue weighted by Gasteiger charge is -2.16. The molecule has 98 valence electrons. The van der Waals surface area contributed by atoms with E-state index in [1.54, 1.807) is 12.1 Å². The van der Waals surface area contributed by atoms with Gasteiger partial charge in [0.15, 0.2) is 9.84 Å². The highest BCUT2D eigenvalue weighted by Gasteiger charge is 2.36. The first-order valence-corrected chi connectivity index (χ1v) is 7.18. The van der Waals surface area contributed by atoms with E-state index in [0.717, 1.165) is 0 Å². The maximum atomic E-state index is 11.3. The molecule has 7 heteroatoms. The van der Waals surface area contributed by atoms with Crippen LogP contribution in [0.4, 0.5) is 5.69 Å². The number of carbonyl (C=O) groups is 1. The number of benzene rings is 1. The molecule has 0 aromatic heterocycles. The summed E-state index contributed by atoms with van der Waals surface area (Å²) in [6.07, 6.45) is -0.969. The zero-order valence-electron chi connectivity index (χ0n) is 9.41. The van der Waals surface area contributed by atoms with E-state index >= 15 is 0 Å². The second kappa shape index (κ2) is 4.58. The molecule has 1 aromatic carbocycles. The van der Waals surface area contributed by atoms with E-state index in [0.29, 0.717) is 5.69 Å². The molecular formula is C11H13NO5S. The van der Waals surface area contributed by atoms with E-state index < -0.39 is 28.0 Å². The number of hydrogen-bond acceptors (Lipinski definition) is 5. The first-order chi connectivity index (χ1) is 8.37. The van der Waals surface area contributed by atoms with Crippen molar-refractivity contribution >= 4 is 21.5 Å². The lowest BCUT2D eigenvalue weighted by atomic mass is 10.1. The Hall–Kier alpha value is -1.60. The Kier molecular flexibility index (Phi) is 3.27. The van der Waals surface area contributed by atoms with Gasteiger partial charge in [0.25, 0.3) is 0 Å². The average molecular weight is 271 g/mol. The van der Waals surface area contributed by atoms with Gasteiger partial charge in [0.1, 0.15) is 0 Å². The van der Waals surface area contributed by atoms with Gasteiger partial charge in [0.05, 0.1) is 29.2 Å². The summed E-state index contributed by atoms with van der Waals surface area (Å²) < 4.78 is 22.6. The monoisotopic (exact) mass is 271 g/mol. The SMILES string of the molecule is O=C(O)c1cccc(NC2CS(=O)(=O)CC2O)c1. The van der Waals surface area contributed by atoms with Gasteiger partial charge in [-0.15, -0.1) is 0 Å². The van der Waals surface area contributed by atoms with Crippen molar-refractivity contribution in [2.75, 3.05) is 16.8 Å². The van der Waals surface area contributed by atoms with Crippen LogP contribution in [-0.4, -0.2) is 48.3 Å². The molecule has 18 heavy (non-hydrogen) atoms. The number of sulfone groups is 1. The smallest absolute Gasteiger partial charge is 0.335 e. The number of carboxylic acid groups (broad SMARTS) is 1. The predicted octanol–water partition coefficient (Wildman–Crippen LogP) is -0.0454. The number of aliphatic hydroxyl groups is 1. The zero-order valence-corrected chi connectivity index (χ0v) is 10.2. The fraction of sp³-hybridized carbons (Fsp3) is 0.364. The van der Waals surface area contributed by atoms with Crippen molar-refractivity contribution in [1.29, 1.82) is 0 Å². The average Bonchev–Trinajstić information content (AvgIpc) is 2.52. The predicted molar refractivity (Wildman–Crippen MR) is 65.5 cm³/mol. The molecule has 1 fully saturated rings. The summed E-state index contributed by atoms with van der Waals surface area (Å²) in [4.78, 5) is 10.8. The minimum absolute atomic E-state index is 0.107. The fourth-order valence-electron chi connectivity index (χ4n) is 1.92.